The van der Waals surface area contributed by atoms with Gasteiger partial charge in [0.1, 0.15) is 0 Å². The lowest BCUT2D eigenvalue weighted by Crippen LogP contribution is -2.48. The number of likely N-dealkylation sites (N-methyl/N-ethyl adjacent to an activating group) is 1. The van der Waals surface area contributed by atoms with Crippen LogP contribution in [0, 0.1) is 0 Å². The molecule has 0 aliphatic carbocycles. The average Bonchev–Trinajstić information content (AvgIpc) is 2.67. The van der Waals surface area contributed by atoms with E-state index in [9.17, 15) is 9.59 Å². The van der Waals surface area contributed by atoms with E-state index < -0.39 is 6.04 Å². The van der Waals surface area contributed by atoms with E-state index in [2.05, 4.69) is 5.32 Å². The normalized spacial score (nSPS) is 15.9. The lowest BCUT2D eigenvalue weighted by atomic mass is 10.1. The zero-order valence-electron chi connectivity index (χ0n) is 15.3. The highest BCUT2D eigenvalue weighted by Gasteiger charge is 2.23. The zero-order chi connectivity index (χ0) is 18.5. The van der Waals surface area contributed by atoms with Crippen molar-refractivity contribution in [2.45, 2.75) is 13.0 Å². The quantitative estimate of drug-likeness (QED) is 0.891. The summed E-state index contributed by atoms with van der Waals surface area (Å²) in [6, 6.07) is 13.4. The molecule has 0 bridgehead atoms. The number of nitrogens with one attached hydrogen (secondary N) is 1. The number of carbonyl (C=O) groups excluding carboxylic acids is 2. The molecule has 0 unspecified atom stereocenters. The van der Waals surface area contributed by atoms with Crippen LogP contribution in [0.4, 0.5) is 5.69 Å². The summed E-state index contributed by atoms with van der Waals surface area (Å²) in [4.78, 5) is 28.4. The Kier molecular flexibility index (Phi) is 5.85. The third kappa shape index (κ3) is 4.39. The van der Waals surface area contributed by atoms with Crippen LogP contribution in [0.3, 0.4) is 0 Å². The number of nitrogens with zero attached hydrogens (tertiary/aromatic N) is 2. The van der Waals surface area contributed by atoms with Crippen LogP contribution in [-0.2, 0) is 14.3 Å². The molecule has 0 radical (unpaired) electrons. The van der Waals surface area contributed by atoms with Crippen molar-refractivity contribution < 1.29 is 14.3 Å². The Morgan fingerprint density at radius 2 is 1.85 bits per heavy atom. The monoisotopic (exact) mass is 355 g/mol. The average molecular weight is 355 g/mol. The van der Waals surface area contributed by atoms with Crippen LogP contribution in [0.5, 0.6) is 0 Å². The van der Waals surface area contributed by atoms with Gasteiger partial charge in [-0.05, 0) is 36.9 Å². The number of rotatable bonds is 5. The fourth-order valence-electron chi connectivity index (χ4n) is 2.98. The van der Waals surface area contributed by atoms with Crippen molar-refractivity contribution in [3.05, 3.63) is 42.5 Å². The summed E-state index contributed by atoms with van der Waals surface area (Å²) >= 11 is 0. The van der Waals surface area contributed by atoms with E-state index in [1.54, 1.807) is 16.8 Å². The van der Waals surface area contributed by atoms with Gasteiger partial charge in [0.15, 0.2) is 0 Å². The molecular formula is C20H25N3O3. The van der Waals surface area contributed by atoms with Gasteiger partial charge in [-0.2, -0.15) is 0 Å². The fraction of sp³-hybridized carbons (Fsp3) is 0.400. The molecule has 0 spiro atoms. The van der Waals surface area contributed by atoms with Gasteiger partial charge in [0, 0.05) is 18.8 Å². The van der Waals surface area contributed by atoms with Crippen molar-refractivity contribution >= 4 is 28.3 Å². The molecule has 2 amide bonds. The first-order valence-corrected chi connectivity index (χ1v) is 8.90. The third-order valence-electron chi connectivity index (χ3n) is 4.81. The SMILES string of the molecule is C[C@H](C(=O)Nc1ccc2ccccc2c1)N(C)CC(=O)N1CCOCC1. The van der Waals surface area contributed by atoms with Crippen LogP contribution in [0.2, 0.25) is 0 Å². The Hall–Kier alpha value is -2.44. The number of fused-ring (bicyclic) bond motifs is 1. The molecule has 6 heteroatoms. The molecule has 2 aromatic rings. The Morgan fingerprint density at radius 1 is 1.15 bits per heavy atom. The fourth-order valence-corrected chi connectivity index (χ4v) is 2.98. The molecule has 1 atom stereocenters. The number of hydrogen-bond acceptors (Lipinski definition) is 4. The molecule has 26 heavy (non-hydrogen) atoms. The molecule has 0 aromatic heterocycles. The second-order valence-corrected chi connectivity index (χ2v) is 6.64. The number of morpholine rings is 1. The molecule has 1 heterocycles. The summed E-state index contributed by atoms with van der Waals surface area (Å²) in [5, 5.41) is 5.15. The van der Waals surface area contributed by atoms with Crippen molar-refractivity contribution in [2.24, 2.45) is 0 Å². The van der Waals surface area contributed by atoms with Crippen molar-refractivity contribution in [2.75, 3.05) is 45.2 Å². The summed E-state index contributed by atoms with van der Waals surface area (Å²) in [7, 11) is 1.79. The van der Waals surface area contributed by atoms with Crippen LogP contribution >= 0.6 is 0 Å². The lowest BCUT2D eigenvalue weighted by molar-refractivity contribution is -0.137. The molecule has 3 rings (SSSR count). The predicted octanol–water partition coefficient (Wildman–Crippen LogP) is 1.96. The van der Waals surface area contributed by atoms with Crippen molar-refractivity contribution in [3.8, 4) is 0 Å². The standard InChI is InChI=1S/C20H25N3O3/c1-15(22(2)14-19(24)23-9-11-26-12-10-23)20(25)21-18-8-7-16-5-3-4-6-17(16)13-18/h3-8,13,15H,9-12,14H2,1-2H3,(H,21,25)/t15-/m1/s1. The van der Waals surface area contributed by atoms with E-state index in [1.165, 1.54) is 0 Å². The van der Waals surface area contributed by atoms with Gasteiger partial charge in [0.05, 0.1) is 25.8 Å². The van der Waals surface area contributed by atoms with Crippen LogP contribution in [-0.4, -0.2) is 67.6 Å². The molecule has 1 N–H and O–H groups in total. The molecule has 1 fully saturated rings. The topological polar surface area (TPSA) is 61.9 Å². The first-order valence-electron chi connectivity index (χ1n) is 8.90. The van der Waals surface area contributed by atoms with Crippen molar-refractivity contribution in [1.82, 2.24) is 9.80 Å². The summed E-state index contributed by atoms with van der Waals surface area (Å²) in [5.41, 5.74) is 0.758. The van der Waals surface area contributed by atoms with E-state index in [0.717, 1.165) is 16.5 Å². The Balaban J connectivity index is 1.58. The molecule has 1 saturated heterocycles. The van der Waals surface area contributed by atoms with Crippen LogP contribution in [0.15, 0.2) is 42.5 Å². The number of anilines is 1. The molecule has 0 saturated carbocycles. The second kappa shape index (κ2) is 8.29. The van der Waals surface area contributed by atoms with Gasteiger partial charge in [0.25, 0.3) is 0 Å². The Morgan fingerprint density at radius 3 is 2.58 bits per heavy atom. The van der Waals surface area contributed by atoms with Gasteiger partial charge in [-0.1, -0.05) is 30.3 Å². The maximum atomic E-state index is 12.6. The highest BCUT2D eigenvalue weighted by atomic mass is 16.5. The van der Waals surface area contributed by atoms with E-state index in [-0.39, 0.29) is 18.4 Å². The zero-order valence-corrected chi connectivity index (χ0v) is 15.3. The van der Waals surface area contributed by atoms with Gasteiger partial charge in [-0.25, -0.2) is 0 Å². The van der Waals surface area contributed by atoms with Gasteiger partial charge >= 0.3 is 0 Å². The van der Waals surface area contributed by atoms with Crippen LogP contribution in [0.1, 0.15) is 6.92 Å². The van der Waals surface area contributed by atoms with Gasteiger partial charge < -0.3 is 15.0 Å². The summed E-state index contributed by atoms with van der Waals surface area (Å²) < 4.78 is 5.27. The highest BCUT2D eigenvalue weighted by Crippen LogP contribution is 2.19. The molecule has 2 aromatic carbocycles. The van der Waals surface area contributed by atoms with E-state index in [1.807, 2.05) is 49.4 Å². The van der Waals surface area contributed by atoms with E-state index in [4.69, 9.17) is 4.74 Å². The third-order valence-corrected chi connectivity index (χ3v) is 4.81. The molecule has 1 aliphatic heterocycles. The smallest absolute Gasteiger partial charge is 0.241 e. The largest absolute Gasteiger partial charge is 0.378 e. The number of hydrogen-bond donors (Lipinski definition) is 1. The molecular weight excluding hydrogens is 330 g/mol. The Labute approximate surface area is 153 Å². The van der Waals surface area contributed by atoms with Crippen LogP contribution in [0.25, 0.3) is 10.8 Å². The van der Waals surface area contributed by atoms with Crippen molar-refractivity contribution in [3.63, 3.8) is 0 Å². The summed E-state index contributed by atoms with van der Waals surface area (Å²) in [5.74, 6) is -0.0984. The summed E-state index contributed by atoms with van der Waals surface area (Å²) in [6.45, 7) is 4.41. The highest BCUT2D eigenvalue weighted by molar-refractivity contribution is 5.97. The maximum absolute atomic E-state index is 12.6. The Bertz CT molecular complexity index is 787. The van der Waals surface area contributed by atoms with E-state index >= 15 is 0 Å². The summed E-state index contributed by atoms with van der Waals surface area (Å²) in [6.07, 6.45) is 0. The first kappa shape index (κ1) is 18.4. The maximum Gasteiger partial charge on any atom is 0.241 e. The first-order chi connectivity index (χ1) is 12.5. The number of amides is 2. The molecule has 6 nitrogen and oxygen atoms in total. The minimum Gasteiger partial charge on any atom is -0.378 e. The van der Waals surface area contributed by atoms with E-state index in [0.29, 0.717) is 26.3 Å². The van der Waals surface area contributed by atoms with Crippen molar-refractivity contribution in [1.29, 1.82) is 0 Å². The van der Waals surface area contributed by atoms with Gasteiger partial charge in [-0.3, -0.25) is 14.5 Å². The minimum atomic E-state index is -0.411. The van der Waals surface area contributed by atoms with Crippen LogP contribution < -0.4 is 5.32 Å². The lowest BCUT2D eigenvalue weighted by Gasteiger charge is -2.30. The van der Waals surface area contributed by atoms with Gasteiger partial charge in [-0.15, -0.1) is 0 Å². The predicted molar refractivity (Wildman–Crippen MR) is 102 cm³/mol. The second-order valence-electron chi connectivity index (χ2n) is 6.64. The molecule has 138 valence electrons. The minimum absolute atomic E-state index is 0.0288. The number of benzene rings is 2. The number of carbonyl (C=O) groups is 2. The van der Waals surface area contributed by atoms with Gasteiger partial charge in [0.2, 0.25) is 11.8 Å². The molecule has 1 aliphatic rings. The number of ether oxygens (including phenoxy) is 1.